The number of halogens is 1. The van der Waals surface area contributed by atoms with Crippen molar-refractivity contribution in [2.45, 2.75) is 6.54 Å². The van der Waals surface area contributed by atoms with Crippen LogP contribution in [0.5, 0.6) is 11.5 Å². The summed E-state index contributed by atoms with van der Waals surface area (Å²) in [7, 11) is 1.62. The average Bonchev–Trinajstić information content (AvgIpc) is 2.62. The van der Waals surface area contributed by atoms with Gasteiger partial charge in [0.15, 0.2) is 17.3 Å². The molecule has 0 aliphatic carbocycles. The van der Waals surface area contributed by atoms with Crippen molar-refractivity contribution in [2.75, 3.05) is 32.1 Å². The first-order valence-electron chi connectivity index (χ1n) is 7.82. The third-order valence-electron chi connectivity index (χ3n) is 3.53. The zero-order chi connectivity index (χ0) is 17.2. The van der Waals surface area contributed by atoms with Crippen LogP contribution in [0.1, 0.15) is 5.56 Å². The molecule has 24 heavy (non-hydrogen) atoms. The Morgan fingerprint density at radius 2 is 1.71 bits per heavy atom. The van der Waals surface area contributed by atoms with E-state index in [1.165, 1.54) is 5.56 Å². The Morgan fingerprint density at radius 3 is 2.38 bits per heavy atom. The van der Waals surface area contributed by atoms with Crippen LogP contribution in [0.25, 0.3) is 0 Å². The van der Waals surface area contributed by atoms with Crippen molar-refractivity contribution >= 4 is 21.7 Å². The number of para-hydroxylation sites is 2. The molecule has 0 saturated carbocycles. The molecule has 2 aromatic rings. The van der Waals surface area contributed by atoms with Gasteiger partial charge in [0, 0.05) is 13.1 Å². The van der Waals surface area contributed by atoms with Crippen LogP contribution in [0.3, 0.4) is 0 Å². The summed E-state index contributed by atoms with van der Waals surface area (Å²) in [6.07, 6.45) is 0. The van der Waals surface area contributed by atoms with Gasteiger partial charge in [0.2, 0.25) is 0 Å². The monoisotopic (exact) mass is 391 g/mol. The SMILES string of the molecule is COc1ccccc1OCCN(CC(=O)CBr)Cc1ccccc1. The van der Waals surface area contributed by atoms with Gasteiger partial charge in [-0.05, 0) is 17.7 Å². The van der Waals surface area contributed by atoms with Crippen LogP contribution in [0.15, 0.2) is 54.6 Å². The van der Waals surface area contributed by atoms with Crippen LogP contribution >= 0.6 is 15.9 Å². The molecule has 0 heterocycles. The molecule has 0 fully saturated rings. The molecule has 0 unspecified atom stereocenters. The van der Waals surface area contributed by atoms with Gasteiger partial charge in [0.1, 0.15) is 6.61 Å². The standard InChI is InChI=1S/C19H22BrNO3/c1-23-18-9-5-6-10-19(18)24-12-11-21(15-17(22)13-20)14-16-7-3-2-4-8-16/h2-10H,11-15H2,1H3. The van der Waals surface area contributed by atoms with Gasteiger partial charge in [0.25, 0.3) is 0 Å². The number of carbonyl (C=O) groups excluding carboxylic acids is 1. The maximum atomic E-state index is 11.8. The van der Waals surface area contributed by atoms with E-state index in [-0.39, 0.29) is 5.78 Å². The van der Waals surface area contributed by atoms with E-state index in [2.05, 4.69) is 33.0 Å². The highest BCUT2D eigenvalue weighted by molar-refractivity contribution is 9.09. The van der Waals surface area contributed by atoms with Crippen molar-refractivity contribution in [2.24, 2.45) is 0 Å². The zero-order valence-electron chi connectivity index (χ0n) is 13.8. The summed E-state index contributed by atoms with van der Waals surface area (Å²) >= 11 is 3.23. The van der Waals surface area contributed by atoms with Gasteiger partial charge < -0.3 is 9.47 Å². The number of nitrogens with zero attached hydrogens (tertiary/aromatic N) is 1. The number of hydrogen-bond donors (Lipinski definition) is 0. The second-order valence-corrected chi connectivity index (χ2v) is 5.93. The Bertz CT molecular complexity index is 634. The van der Waals surface area contributed by atoms with E-state index in [0.29, 0.717) is 36.5 Å². The third-order valence-corrected chi connectivity index (χ3v) is 4.16. The molecule has 0 N–H and O–H groups in total. The minimum Gasteiger partial charge on any atom is -0.493 e. The predicted octanol–water partition coefficient (Wildman–Crippen LogP) is 3.54. The second kappa shape index (κ2) is 10.1. The van der Waals surface area contributed by atoms with Crippen LogP contribution in [0, 0.1) is 0 Å². The molecule has 2 aromatic carbocycles. The van der Waals surface area contributed by atoms with Crippen molar-refractivity contribution in [3.05, 3.63) is 60.2 Å². The molecule has 0 bridgehead atoms. The number of ketones is 1. The molecule has 2 rings (SSSR count). The van der Waals surface area contributed by atoms with E-state index in [4.69, 9.17) is 9.47 Å². The lowest BCUT2D eigenvalue weighted by molar-refractivity contribution is -0.117. The third kappa shape index (κ3) is 5.98. The molecule has 0 spiro atoms. The Balaban J connectivity index is 1.93. The highest BCUT2D eigenvalue weighted by Gasteiger charge is 2.11. The van der Waals surface area contributed by atoms with Crippen molar-refractivity contribution < 1.29 is 14.3 Å². The maximum Gasteiger partial charge on any atom is 0.161 e. The van der Waals surface area contributed by atoms with E-state index in [1.807, 2.05) is 42.5 Å². The van der Waals surface area contributed by atoms with Crippen molar-refractivity contribution in [3.8, 4) is 11.5 Å². The van der Waals surface area contributed by atoms with E-state index < -0.39 is 0 Å². The number of carbonyl (C=O) groups is 1. The minimum atomic E-state index is 0.156. The summed E-state index contributed by atoms with van der Waals surface area (Å²) < 4.78 is 11.1. The highest BCUT2D eigenvalue weighted by Crippen LogP contribution is 2.25. The summed E-state index contributed by atoms with van der Waals surface area (Å²) in [5.41, 5.74) is 1.18. The second-order valence-electron chi connectivity index (χ2n) is 5.37. The van der Waals surface area contributed by atoms with Crippen LogP contribution in [-0.2, 0) is 11.3 Å². The van der Waals surface area contributed by atoms with E-state index >= 15 is 0 Å². The smallest absolute Gasteiger partial charge is 0.161 e. The summed E-state index contributed by atoms with van der Waals surface area (Å²) in [5.74, 6) is 1.58. The Kier molecular flexibility index (Phi) is 7.79. The Labute approximate surface area is 151 Å². The number of Topliss-reactive ketones (excluding diaryl/α,β-unsaturated/α-hetero) is 1. The average molecular weight is 392 g/mol. The lowest BCUT2D eigenvalue weighted by atomic mass is 10.2. The normalized spacial score (nSPS) is 10.6. The van der Waals surface area contributed by atoms with Gasteiger partial charge in [-0.15, -0.1) is 0 Å². The number of alkyl halides is 1. The number of methoxy groups -OCH3 is 1. The molecule has 0 amide bonds. The van der Waals surface area contributed by atoms with E-state index in [9.17, 15) is 4.79 Å². The molecule has 0 saturated heterocycles. The molecule has 0 aromatic heterocycles. The molecule has 128 valence electrons. The van der Waals surface area contributed by atoms with Gasteiger partial charge in [-0.25, -0.2) is 0 Å². The van der Waals surface area contributed by atoms with Crippen LogP contribution in [0.4, 0.5) is 0 Å². The maximum absolute atomic E-state index is 11.8. The van der Waals surface area contributed by atoms with Gasteiger partial charge in [-0.1, -0.05) is 58.4 Å². The fraction of sp³-hybridized carbons (Fsp3) is 0.316. The molecule has 0 aliphatic heterocycles. The van der Waals surface area contributed by atoms with Crippen molar-refractivity contribution in [3.63, 3.8) is 0 Å². The topological polar surface area (TPSA) is 38.8 Å². The largest absolute Gasteiger partial charge is 0.493 e. The Morgan fingerprint density at radius 1 is 1.04 bits per heavy atom. The van der Waals surface area contributed by atoms with Crippen molar-refractivity contribution in [1.82, 2.24) is 4.90 Å². The summed E-state index contributed by atoms with van der Waals surface area (Å²) in [6.45, 7) is 2.26. The fourth-order valence-corrected chi connectivity index (χ4v) is 2.55. The first kappa shape index (κ1) is 18.5. The Hall–Kier alpha value is -1.85. The summed E-state index contributed by atoms with van der Waals surface area (Å²) in [4.78, 5) is 13.9. The number of rotatable bonds is 10. The number of hydrogen-bond acceptors (Lipinski definition) is 4. The number of ether oxygens (including phenoxy) is 2. The van der Waals surface area contributed by atoms with Gasteiger partial charge in [-0.2, -0.15) is 0 Å². The van der Waals surface area contributed by atoms with E-state index in [1.54, 1.807) is 7.11 Å². The lowest BCUT2D eigenvalue weighted by Crippen LogP contribution is -2.33. The first-order valence-corrected chi connectivity index (χ1v) is 8.95. The van der Waals surface area contributed by atoms with Crippen LogP contribution in [0.2, 0.25) is 0 Å². The quantitative estimate of drug-likeness (QED) is 0.580. The lowest BCUT2D eigenvalue weighted by Gasteiger charge is -2.22. The molecule has 4 nitrogen and oxygen atoms in total. The predicted molar refractivity (Wildman–Crippen MR) is 99.0 cm³/mol. The molecule has 0 atom stereocenters. The summed E-state index contributed by atoms with van der Waals surface area (Å²) in [6, 6.07) is 17.7. The van der Waals surface area contributed by atoms with Gasteiger partial charge in [-0.3, -0.25) is 9.69 Å². The summed E-state index contributed by atoms with van der Waals surface area (Å²) in [5, 5.41) is 0.367. The molecule has 0 radical (unpaired) electrons. The number of benzene rings is 2. The van der Waals surface area contributed by atoms with Crippen molar-refractivity contribution in [1.29, 1.82) is 0 Å². The van der Waals surface area contributed by atoms with Gasteiger partial charge in [0.05, 0.1) is 19.0 Å². The van der Waals surface area contributed by atoms with Crippen LogP contribution in [-0.4, -0.2) is 42.8 Å². The minimum absolute atomic E-state index is 0.156. The fourth-order valence-electron chi connectivity index (χ4n) is 2.37. The highest BCUT2D eigenvalue weighted by atomic mass is 79.9. The molecular formula is C19H22BrNO3. The van der Waals surface area contributed by atoms with Gasteiger partial charge >= 0.3 is 0 Å². The molecular weight excluding hydrogens is 370 g/mol. The first-order chi connectivity index (χ1) is 11.7. The van der Waals surface area contributed by atoms with E-state index in [0.717, 1.165) is 6.54 Å². The molecule has 5 heteroatoms. The van der Waals surface area contributed by atoms with Crippen LogP contribution < -0.4 is 9.47 Å². The molecule has 0 aliphatic rings. The zero-order valence-corrected chi connectivity index (χ0v) is 15.4.